The predicted molar refractivity (Wildman–Crippen MR) is 113 cm³/mol. The van der Waals surface area contributed by atoms with Gasteiger partial charge in [0.25, 0.3) is 0 Å². The molecule has 4 fully saturated rings. The van der Waals surface area contributed by atoms with Gasteiger partial charge in [-0.15, -0.1) is 0 Å². The molecule has 1 unspecified atom stereocenters. The van der Waals surface area contributed by atoms with E-state index in [1.807, 2.05) is 0 Å². The Bertz CT molecular complexity index is 697. The third-order valence-electron chi connectivity index (χ3n) is 8.05. The van der Waals surface area contributed by atoms with Gasteiger partial charge in [-0.1, -0.05) is 13.8 Å². The Kier molecular flexibility index (Phi) is 5.35. The lowest BCUT2D eigenvalue weighted by atomic mass is 9.48. The maximum Gasteiger partial charge on any atom is 0.220 e. The van der Waals surface area contributed by atoms with Crippen LogP contribution in [0.4, 0.5) is 0 Å². The first-order valence-corrected chi connectivity index (χ1v) is 11.6. The predicted octanol–water partition coefficient (Wildman–Crippen LogP) is 4.81. The second kappa shape index (κ2) is 7.50. The smallest absolute Gasteiger partial charge is 0.220 e. The highest BCUT2D eigenvalue weighted by Gasteiger charge is 2.53. The van der Waals surface area contributed by atoms with Crippen LogP contribution < -0.4 is 5.32 Å². The van der Waals surface area contributed by atoms with E-state index in [0.29, 0.717) is 23.8 Å². The van der Waals surface area contributed by atoms with E-state index in [2.05, 4.69) is 44.6 Å². The summed E-state index contributed by atoms with van der Waals surface area (Å²) in [4.78, 5) is 12.8. The zero-order valence-electron chi connectivity index (χ0n) is 18.6. The minimum absolute atomic E-state index is 0.221. The van der Waals surface area contributed by atoms with Crippen molar-refractivity contribution in [2.45, 2.75) is 98.6 Å². The number of hydrogen-bond acceptors (Lipinski definition) is 2. The number of hydrogen-bond donors (Lipinski definition) is 1. The van der Waals surface area contributed by atoms with Crippen molar-refractivity contribution < 1.29 is 4.79 Å². The summed E-state index contributed by atoms with van der Waals surface area (Å²) in [5.74, 6) is 3.60. The van der Waals surface area contributed by atoms with Crippen molar-refractivity contribution in [3.05, 3.63) is 17.0 Å². The fourth-order valence-electron chi connectivity index (χ4n) is 7.03. The average Bonchev–Trinajstić information content (AvgIpc) is 2.84. The Morgan fingerprint density at radius 2 is 1.68 bits per heavy atom. The summed E-state index contributed by atoms with van der Waals surface area (Å²) < 4.78 is 2.12. The summed E-state index contributed by atoms with van der Waals surface area (Å²) in [6, 6.07) is 0.319. The number of rotatable bonds is 7. The summed E-state index contributed by atoms with van der Waals surface area (Å²) in [5, 5.41) is 8.12. The normalized spacial score (nSPS) is 32.1. The molecule has 4 aliphatic rings. The summed E-state index contributed by atoms with van der Waals surface area (Å²) in [5.41, 5.74) is 3.96. The van der Waals surface area contributed by atoms with Gasteiger partial charge in [0.15, 0.2) is 0 Å². The van der Waals surface area contributed by atoms with Crippen LogP contribution in [0.15, 0.2) is 0 Å². The molecule has 28 heavy (non-hydrogen) atoms. The summed E-state index contributed by atoms with van der Waals surface area (Å²) in [6.07, 6.45) is 9.79. The van der Waals surface area contributed by atoms with E-state index >= 15 is 0 Å². The molecule has 0 spiro atoms. The van der Waals surface area contributed by atoms with Crippen molar-refractivity contribution >= 4 is 5.91 Å². The molecular weight excluding hydrogens is 346 g/mol. The molecule has 0 aromatic carbocycles. The van der Waals surface area contributed by atoms with Gasteiger partial charge >= 0.3 is 0 Å². The molecule has 0 radical (unpaired) electrons. The van der Waals surface area contributed by atoms with Gasteiger partial charge in [0.1, 0.15) is 0 Å². The first kappa shape index (κ1) is 20.0. The van der Waals surface area contributed by atoms with Gasteiger partial charge in [-0.2, -0.15) is 5.10 Å². The van der Waals surface area contributed by atoms with E-state index in [1.165, 1.54) is 49.8 Å². The Labute approximate surface area is 170 Å². The van der Waals surface area contributed by atoms with E-state index in [-0.39, 0.29) is 5.91 Å². The molecule has 4 bridgehead atoms. The first-order chi connectivity index (χ1) is 13.3. The number of carbonyl (C=O) groups is 1. The molecule has 4 saturated carbocycles. The first-order valence-electron chi connectivity index (χ1n) is 11.6. The van der Waals surface area contributed by atoms with Crippen LogP contribution in [0.25, 0.3) is 0 Å². The zero-order chi connectivity index (χ0) is 20.1. The maximum absolute atomic E-state index is 12.8. The second-order valence-electron chi connectivity index (χ2n) is 10.8. The standard InChI is InChI=1S/C24H39N3O/c1-15(2)14-27-17(4)22(16(3)26-27)6-7-23(28)25-18(5)24-11-19-8-20(12-24)10-21(9-19)13-24/h15,18-21H,6-14H2,1-5H3,(H,25,28). The number of aromatic nitrogens is 2. The van der Waals surface area contributed by atoms with E-state index < -0.39 is 0 Å². The van der Waals surface area contributed by atoms with Crippen LogP contribution in [0, 0.1) is 42.9 Å². The fourth-order valence-corrected chi connectivity index (χ4v) is 7.03. The average molecular weight is 386 g/mol. The molecule has 1 N–H and O–H groups in total. The van der Waals surface area contributed by atoms with Crippen molar-refractivity contribution in [1.29, 1.82) is 0 Å². The molecule has 156 valence electrons. The van der Waals surface area contributed by atoms with Crippen LogP contribution in [0.5, 0.6) is 0 Å². The second-order valence-corrected chi connectivity index (χ2v) is 10.8. The summed E-state index contributed by atoms with van der Waals surface area (Å²) in [6.45, 7) is 11.9. The molecule has 1 aromatic rings. The van der Waals surface area contributed by atoms with Crippen molar-refractivity contribution in [2.24, 2.45) is 29.1 Å². The number of carbonyl (C=O) groups excluding carboxylic acids is 1. The largest absolute Gasteiger partial charge is 0.353 e. The number of nitrogens with zero attached hydrogens (tertiary/aromatic N) is 2. The number of nitrogens with one attached hydrogen (secondary N) is 1. The minimum atomic E-state index is 0.221. The monoisotopic (exact) mass is 385 g/mol. The highest BCUT2D eigenvalue weighted by Crippen LogP contribution is 2.61. The minimum Gasteiger partial charge on any atom is -0.353 e. The Morgan fingerprint density at radius 1 is 1.11 bits per heavy atom. The lowest BCUT2D eigenvalue weighted by Crippen LogP contribution is -2.55. The van der Waals surface area contributed by atoms with Crippen molar-refractivity contribution in [3.63, 3.8) is 0 Å². The van der Waals surface area contributed by atoms with Gasteiger partial charge in [0.2, 0.25) is 5.91 Å². The van der Waals surface area contributed by atoms with Gasteiger partial charge in [0, 0.05) is 24.7 Å². The van der Waals surface area contributed by atoms with Crippen LogP contribution in [-0.4, -0.2) is 21.7 Å². The lowest BCUT2D eigenvalue weighted by molar-refractivity contribution is -0.125. The molecule has 1 amide bonds. The van der Waals surface area contributed by atoms with Crippen LogP contribution >= 0.6 is 0 Å². The molecule has 4 nitrogen and oxygen atoms in total. The molecule has 0 aliphatic heterocycles. The molecule has 0 saturated heterocycles. The zero-order valence-corrected chi connectivity index (χ0v) is 18.6. The highest BCUT2D eigenvalue weighted by molar-refractivity contribution is 5.76. The van der Waals surface area contributed by atoms with Crippen molar-refractivity contribution in [2.75, 3.05) is 0 Å². The van der Waals surface area contributed by atoms with E-state index in [9.17, 15) is 4.79 Å². The van der Waals surface area contributed by atoms with Gasteiger partial charge in [-0.25, -0.2) is 0 Å². The van der Waals surface area contributed by atoms with E-state index in [0.717, 1.165) is 36.4 Å². The van der Waals surface area contributed by atoms with E-state index in [4.69, 9.17) is 5.10 Å². The Balaban J connectivity index is 1.35. The maximum atomic E-state index is 12.8. The third-order valence-corrected chi connectivity index (χ3v) is 8.05. The fraction of sp³-hybridized carbons (Fsp3) is 0.833. The molecule has 1 atom stereocenters. The van der Waals surface area contributed by atoms with Gasteiger partial charge in [-0.3, -0.25) is 9.48 Å². The topological polar surface area (TPSA) is 46.9 Å². The molecule has 1 aromatic heterocycles. The number of aryl methyl sites for hydroxylation is 1. The highest BCUT2D eigenvalue weighted by atomic mass is 16.1. The van der Waals surface area contributed by atoms with Crippen LogP contribution in [0.1, 0.15) is 82.7 Å². The molecule has 4 heteroatoms. The summed E-state index contributed by atoms with van der Waals surface area (Å²) in [7, 11) is 0. The summed E-state index contributed by atoms with van der Waals surface area (Å²) >= 11 is 0. The molecule has 4 aliphatic carbocycles. The van der Waals surface area contributed by atoms with Gasteiger partial charge < -0.3 is 5.32 Å². The van der Waals surface area contributed by atoms with Crippen LogP contribution in [0.2, 0.25) is 0 Å². The Morgan fingerprint density at radius 3 is 2.21 bits per heavy atom. The molecular formula is C24H39N3O. The van der Waals surface area contributed by atoms with Crippen molar-refractivity contribution in [3.8, 4) is 0 Å². The Hall–Kier alpha value is -1.32. The molecule has 5 rings (SSSR count). The van der Waals surface area contributed by atoms with Gasteiger partial charge in [0.05, 0.1) is 5.69 Å². The third kappa shape index (κ3) is 3.76. The van der Waals surface area contributed by atoms with Crippen LogP contribution in [0.3, 0.4) is 0 Å². The number of amides is 1. The van der Waals surface area contributed by atoms with E-state index in [1.54, 1.807) is 0 Å². The quantitative estimate of drug-likeness (QED) is 0.732. The van der Waals surface area contributed by atoms with Crippen LogP contribution in [-0.2, 0) is 17.8 Å². The molecule has 1 heterocycles. The SMILES string of the molecule is Cc1nn(CC(C)C)c(C)c1CCC(=O)NC(C)C12CC3CC(CC(C3)C1)C2. The van der Waals surface area contributed by atoms with Crippen molar-refractivity contribution in [1.82, 2.24) is 15.1 Å². The van der Waals surface area contributed by atoms with Gasteiger partial charge in [-0.05, 0) is 100 Å². The lowest BCUT2D eigenvalue weighted by Gasteiger charge is -2.59.